The normalized spacial score (nSPS) is 21.6. The highest BCUT2D eigenvalue weighted by Crippen LogP contribution is 2.46. The summed E-state index contributed by atoms with van der Waals surface area (Å²) in [5, 5.41) is 3.37. The molecule has 2 aromatic carbocycles. The van der Waals surface area contributed by atoms with Crippen LogP contribution in [0.15, 0.2) is 77.1 Å². The van der Waals surface area contributed by atoms with Crippen molar-refractivity contribution < 1.29 is 14.3 Å². The first-order valence-corrected chi connectivity index (χ1v) is 10.7. The molecular formula is C24H22INO3. The Morgan fingerprint density at radius 1 is 1.07 bits per heavy atom. The number of allylic oxidation sites excluding steroid dienone is 3. The van der Waals surface area contributed by atoms with E-state index < -0.39 is 11.9 Å². The molecule has 5 heteroatoms. The molecule has 0 saturated carbocycles. The second kappa shape index (κ2) is 8.14. The zero-order chi connectivity index (χ0) is 20.5. The average molecular weight is 499 g/mol. The maximum Gasteiger partial charge on any atom is 0.336 e. The smallest absolute Gasteiger partial charge is 0.336 e. The highest BCUT2D eigenvalue weighted by molar-refractivity contribution is 14.1. The van der Waals surface area contributed by atoms with Crippen LogP contribution in [0.3, 0.4) is 0 Å². The van der Waals surface area contributed by atoms with Crippen LogP contribution in [0.1, 0.15) is 42.7 Å². The lowest BCUT2D eigenvalue weighted by Crippen LogP contribution is -2.36. The first kappa shape index (κ1) is 19.9. The summed E-state index contributed by atoms with van der Waals surface area (Å²) in [4.78, 5) is 26.1. The van der Waals surface area contributed by atoms with Gasteiger partial charge in [-0.15, -0.1) is 0 Å². The zero-order valence-corrected chi connectivity index (χ0v) is 18.5. The van der Waals surface area contributed by atoms with Gasteiger partial charge in [-0.2, -0.15) is 0 Å². The van der Waals surface area contributed by atoms with Crippen LogP contribution in [0.4, 0.5) is 0 Å². The van der Waals surface area contributed by atoms with Crippen molar-refractivity contribution in [3.8, 4) is 0 Å². The van der Waals surface area contributed by atoms with Crippen molar-refractivity contribution in [2.24, 2.45) is 0 Å². The van der Waals surface area contributed by atoms with E-state index in [-0.39, 0.29) is 11.7 Å². The van der Waals surface area contributed by atoms with Gasteiger partial charge < -0.3 is 10.1 Å². The Morgan fingerprint density at radius 3 is 2.45 bits per heavy atom. The number of carbonyl (C=O) groups is 2. The van der Waals surface area contributed by atoms with Crippen molar-refractivity contribution in [3.63, 3.8) is 0 Å². The summed E-state index contributed by atoms with van der Waals surface area (Å²) in [5.41, 5.74) is 5.02. The number of hydrogen-bond acceptors (Lipinski definition) is 4. The minimum absolute atomic E-state index is 0.0890. The Morgan fingerprint density at radius 2 is 1.76 bits per heavy atom. The van der Waals surface area contributed by atoms with E-state index in [1.54, 1.807) is 0 Å². The Kier molecular flexibility index (Phi) is 5.58. The van der Waals surface area contributed by atoms with Gasteiger partial charge in [0.25, 0.3) is 0 Å². The number of rotatable bonds is 3. The van der Waals surface area contributed by atoms with E-state index in [9.17, 15) is 9.59 Å². The van der Waals surface area contributed by atoms with Gasteiger partial charge in [0.2, 0.25) is 0 Å². The lowest BCUT2D eigenvalue weighted by atomic mass is 9.72. The number of ether oxygens (including phenoxy) is 1. The second-order valence-electron chi connectivity index (χ2n) is 7.44. The monoisotopic (exact) mass is 499 g/mol. The molecule has 0 amide bonds. The molecule has 2 atom stereocenters. The van der Waals surface area contributed by atoms with Crippen LogP contribution in [0.25, 0.3) is 0 Å². The van der Waals surface area contributed by atoms with Crippen LogP contribution in [0.2, 0.25) is 0 Å². The fourth-order valence-electron chi connectivity index (χ4n) is 4.40. The van der Waals surface area contributed by atoms with Crippen LogP contribution in [0.5, 0.6) is 0 Å². The van der Waals surface area contributed by atoms with Gasteiger partial charge in [-0.05, 0) is 59.0 Å². The summed E-state index contributed by atoms with van der Waals surface area (Å²) in [5.74, 6) is -0.579. The van der Waals surface area contributed by atoms with Crippen molar-refractivity contribution >= 4 is 34.3 Å². The molecule has 2 aliphatic rings. The molecule has 0 bridgehead atoms. The quantitative estimate of drug-likeness (QED) is 0.486. The molecule has 4 rings (SSSR count). The number of dihydropyridines is 1. The number of ketones is 1. The fourth-order valence-corrected chi connectivity index (χ4v) is 5.10. The van der Waals surface area contributed by atoms with Gasteiger partial charge in [-0.1, -0.05) is 48.5 Å². The number of halogens is 1. The van der Waals surface area contributed by atoms with Gasteiger partial charge in [-0.25, -0.2) is 4.79 Å². The summed E-state index contributed by atoms with van der Waals surface area (Å²) in [6.07, 6.45) is 1.19. The van der Waals surface area contributed by atoms with Crippen LogP contribution in [-0.4, -0.2) is 18.9 Å². The number of benzene rings is 2. The van der Waals surface area contributed by atoms with E-state index in [0.717, 1.165) is 26.9 Å². The van der Waals surface area contributed by atoms with Crippen LogP contribution in [0, 0.1) is 3.57 Å². The predicted octanol–water partition coefficient (Wildman–Crippen LogP) is 4.83. The number of Topliss-reactive ketones (excluding diaryl/α,β-unsaturated/α-hetero) is 1. The van der Waals surface area contributed by atoms with Gasteiger partial charge in [0.1, 0.15) is 0 Å². The maximum absolute atomic E-state index is 13.4. The van der Waals surface area contributed by atoms with Gasteiger partial charge in [0, 0.05) is 32.9 Å². The molecule has 4 nitrogen and oxygen atoms in total. The maximum atomic E-state index is 13.4. The highest BCUT2D eigenvalue weighted by Gasteiger charge is 2.41. The van der Waals surface area contributed by atoms with Gasteiger partial charge in [-0.3, -0.25) is 4.79 Å². The van der Waals surface area contributed by atoms with Crippen LogP contribution < -0.4 is 5.32 Å². The van der Waals surface area contributed by atoms with E-state index in [1.807, 2.05) is 49.4 Å². The summed E-state index contributed by atoms with van der Waals surface area (Å²) >= 11 is 2.27. The second-order valence-corrected chi connectivity index (χ2v) is 8.60. The predicted molar refractivity (Wildman–Crippen MR) is 120 cm³/mol. The molecule has 2 unspecified atom stereocenters. The van der Waals surface area contributed by atoms with Crippen molar-refractivity contribution in [2.45, 2.75) is 31.6 Å². The summed E-state index contributed by atoms with van der Waals surface area (Å²) in [6.45, 7) is 1.88. The molecule has 148 valence electrons. The topological polar surface area (TPSA) is 55.4 Å². The number of carbonyl (C=O) groups excluding carboxylic acids is 2. The van der Waals surface area contributed by atoms with Crippen molar-refractivity contribution in [1.29, 1.82) is 0 Å². The summed E-state index contributed by atoms with van der Waals surface area (Å²) < 4.78 is 6.11. The molecule has 1 N–H and O–H groups in total. The third-order valence-corrected chi connectivity index (χ3v) is 6.70. The lowest BCUT2D eigenvalue weighted by Gasteiger charge is -2.37. The zero-order valence-electron chi connectivity index (χ0n) is 16.4. The SMILES string of the molecule is COC(=O)C1=C(C)NC2=C(C(=O)CC(c3ccccc3)C2)C1c1ccccc1I. The van der Waals surface area contributed by atoms with Crippen molar-refractivity contribution in [1.82, 2.24) is 5.32 Å². The molecule has 0 fully saturated rings. The molecule has 1 aliphatic carbocycles. The van der Waals surface area contributed by atoms with E-state index in [1.165, 1.54) is 12.7 Å². The Bertz CT molecular complexity index is 1040. The summed E-state index contributed by atoms with van der Waals surface area (Å²) in [7, 11) is 1.38. The first-order chi connectivity index (χ1) is 14.0. The Hall–Kier alpha value is -2.41. The number of nitrogens with one attached hydrogen (secondary N) is 1. The number of esters is 1. The minimum atomic E-state index is -0.406. The van der Waals surface area contributed by atoms with Crippen LogP contribution in [-0.2, 0) is 14.3 Å². The Balaban J connectivity index is 1.84. The molecule has 1 aliphatic heterocycles. The van der Waals surface area contributed by atoms with Gasteiger partial charge in [0.15, 0.2) is 5.78 Å². The largest absolute Gasteiger partial charge is 0.466 e. The van der Waals surface area contributed by atoms with Crippen molar-refractivity contribution in [2.75, 3.05) is 7.11 Å². The molecule has 0 spiro atoms. The Labute approximate surface area is 184 Å². The van der Waals surface area contributed by atoms with E-state index in [4.69, 9.17) is 4.74 Å². The average Bonchev–Trinajstić information content (AvgIpc) is 2.73. The van der Waals surface area contributed by atoms with E-state index in [0.29, 0.717) is 17.6 Å². The standard InChI is InChI=1S/C24H22INO3/c1-14-21(24(28)29-2)22(17-10-6-7-11-18(17)25)23-19(26-14)12-16(13-20(23)27)15-8-4-3-5-9-15/h3-11,16,22,26H,12-13H2,1-2H3. The lowest BCUT2D eigenvalue weighted by molar-refractivity contribution is -0.136. The molecule has 1 heterocycles. The fraction of sp³-hybridized carbons (Fsp3) is 0.250. The molecule has 0 aromatic heterocycles. The van der Waals surface area contributed by atoms with Crippen LogP contribution >= 0.6 is 22.6 Å². The third-order valence-electron chi connectivity index (χ3n) is 5.72. The van der Waals surface area contributed by atoms with Gasteiger partial charge >= 0.3 is 5.97 Å². The van der Waals surface area contributed by atoms with Gasteiger partial charge in [0.05, 0.1) is 12.7 Å². The number of hydrogen-bond donors (Lipinski definition) is 1. The molecule has 2 aromatic rings. The molecule has 0 radical (unpaired) electrons. The van der Waals surface area contributed by atoms with Crippen molar-refractivity contribution in [3.05, 3.63) is 91.8 Å². The molecule has 29 heavy (non-hydrogen) atoms. The summed E-state index contributed by atoms with van der Waals surface area (Å²) in [6, 6.07) is 18.1. The minimum Gasteiger partial charge on any atom is -0.466 e. The first-order valence-electron chi connectivity index (χ1n) is 9.63. The van der Waals surface area contributed by atoms with E-state index >= 15 is 0 Å². The molecular weight excluding hydrogens is 477 g/mol. The third kappa shape index (κ3) is 3.64. The highest BCUT2D eigenvalue weighted by atomic mass is 127. The van der Waals surface area contributed by atoms with E-state index in [2.05, 4.69) is 40.0 Å². The molecule has 0 saturated heterocycles. The number of methoxy groups -OCH3 is 1.